The molecule has 1 unspecified atom stereocenters. The van der Waals surface area contributed by atoms with E-state index in [4.69, 9.17) is 4.98 Å². The van der Waals surface area contributed by atoms with E-state index >= 15 is 0 Å². The number of carbonyl (C=O) groups excluding carboxylic acids is 4. The van der Waals surface area contributed by atoms with E-state index in [1.807, 2.05) is 24.3 Å². The number of nitrogens with one attached hydrogen (secondary N) is 1. The molecule has 1 aromatic heterocycles. The van der Waals surface area contributed by atoms with Crippen LogP contribution in [0.5, 0.6) is 0 Å². The summed E-state index contributed by atoms with van der Waals surface area (Å²) in [6.45, 7) is 5.32. The second kappa shape index (κ2) is 15.0. The fraction of sp³-hybridized carbons (Fsp3) is 0.510. The van der Waals surface area contributed by atoms with Crippen LogP contribution in [0.1, 0.15) is 140 Å². The summed E-state index contributed by atoms with van der Waals surface area (Å²) in [5, 5.41) is 2.94. The lowest BCUT2D eigenvalue weighted by molar-refractivity contribution is -0.136. The molecule has 7 aliphatic rings. The molecule has 0 radical (unpaired) electrons. The van der Waals surface area contributed by atoms with Crippen LogP contribution in [0.25, 0.3) is 16.6 Å². The summed E-state index contributed by atoms with van der Waals surface area (Å²) in [5.41, 5.74) is 6.66. The smallest absolute Gasteiger partial charge is 0.281 e. The molecule has 316 valence electrons. The van der Waals surface area contributed by atoms with Crippen molar-refractivity contribution in [2.45, 2.75) is 114 Å². The Labute approximate surface area is 364 Å². The Morgan fingerprint density at radius 2 is 1.51 bits per heavy atom. The van der Waals surface area contributed by atoms with Gasteiger partial charge in [-0.15, -0.1) is 0 Å². The van der Waals surface area contributed by atoms with Gasteiger partial charge >= 0.3 is 0 Å². The average Bonchev–Trinajstić information content (AvgIpc) is 3.67. The first-order valence-electron chi connectivity index (χ1n) is 22.8. The summed E-state index contributed by atoms with van der Waals surface area (Å²) < 4.78 is 3.10. The summed E-state index contributed by atoms with van der Waals surface area (Å²) >= 11 is 3.64. The number of hydrogen-bond donors (Lipinski definition) is 1. The number of fused-ring (bicyclic) bond motifs is 8. The first kappa shape index (κ1) is 39.2. The molecule has 3 saturated heterocycles. The number of halogens is 1. The van der Waals surface area contributed by atoms with Crippen LogP contribution in [0, 0.1) is 11.3 Å². The van der Waals surface area contributed by atoms with Crippen molar-refractivity contribution in [3.8, 4) is 5.69 Å². The number of piperidine rings is 3. The second-order valence-corrected chi connectivity index (χ2v) is 20.2. The van der Waals surface area contributed by atoms with Crippen molar-refractivity contribution in [3.05, 3.63) is 97.5 Å². The number of anilines is 1. The van der Waals surface area contributed by atoms with Gasteiger partial charge in [-0.05, 0) is 164 Å². The standard InChI is InChI=1S/C49H53BrN6O5/c50-37-5-4-6-39-42(37)44(59)52-47-49(17-2-1-3-18-49)36-27-32(7-10-38(36)55(39)47)31-15-23-53(24-16-31)29-30-13-19-48(20-14-30)21-25-54(26-22-48)33-8-9-34-35(28-33)46(61)56(45(34)60)40-11-12-41(57)51-43(40)58/h4-10,27-28,30-31,40H,1-3,11-26,29H2,(H,51,57,58). The number of amides is 4. The normalized spacial score (nSPS) is 24.1. The van der Waals surface area contributed by atoms with E-state index in [2.05, 4.69) is 59.9 Å². The molecular formula is C49H53BrN6O5. The largest absolute Gasteiger partial charge is 0.371 e. The minimum atomic E-state index is -0.951. The van der Waals surface area contributed by atoms with Crippen molar-refractivity contribution in [1.82, 2.24) is 24.7 Å². The second-order valence-electron chi connectivity index (χ2n) is 19.3. The first-order chi connectivity index (χ1) is 29.6. The minimum Gasteiger partial charge on any atom is -0.371 e. The average molecular weight is 886 g/mol. The van der Waals surface area contributed by atoms with Gasteiger partial charge in [-0.2, -0.15) is 4.98 Å². The Bertz CT molecular complexity index is 2550. The van der Waals surface area contributed by atoms with Crippen molar-refractivity contribution >= 4 is 56.1 Å². The fourth-order valence-corrected chi connectivity index (χ4v) is 13.2. The Kier molecular flexibility index (Phi) is 9.64. The molecule has 5 aliphatic heterocycles. The van der Waals surface area contributed by atoms with Crippen LogP contribution < -0.4 is 15.8 Å². The predicted molar refractivity (Wildman–Crippen MR) is 236 cm³/mol. The number of benzene rings is 3. The molecule has 4 amide bonds. The fourth-order valence-electron chi connectivity index (χ4n) is 12.6. The lowest BCUT2D eigenvalue weighted by atomic mass is 9.65. The lowest BCUT2D eigenvalue weighted by Gasteiger charge is -2.47. The number of rotatable bonds is 5. The molecular weight excluding hydrogens is 832 g/mol. The third-order valence-electron chi connectivity index (χ3n) is 16.1. The molecule has 0 bridgehead atoms. The zero-order valence-corrected chi connectivity index (χ0v) is 36.3. The van der Waals surface area contributed by atoms with Gasteiger partial charge < -0.3 is 9.80 Å². The van der Waals surface area contributed by atoms with Crippen molar-refractivity contribution in [2.75, 3.05) is 37.6 Å². The van der Waals surface area contributed by atoms with Crippen LogP contribution in [0.3, 0.4) is 0 Å². The van der Waals surface area contributed by atoms with Crippen molar-refractivity contribution in [2.24, 2.45) is 11.3 Å². The number of nitrogens with zero attached hydrogens (tertiary/aromatic N) is 5. The maximum atomic E-state index is 13.5. The summed E-state index contributed by atoms with van der Waals surface area (Å²) in [6, 6.07) is 17.8. The van der Waals surface area contributed by atoms with Gasteiger partial charge in [0.25, 0.3) is 17.4 Å². The number of carbonyl (C=O) groups is 4. The van der Waals surface area contributed by atoms with Crippen LogP contribution >= 0.6 is 15.9 Å². The molecule has 61 heavy (non-hydrogen) atoms. The van der Waals surface area contributed by atoms with Gasteiger partial charge in [0, 0.05) is 36.2 Å². The van der Waals surface area contributed by atoms with Crippen LogP contribution in [-0.4, -0.2) is 81.7 Å². The highest BCUT2D eigenvalue weighted by Crippen LogP contribution is 2.53. The van der Waals surface area contributed by atoms with E-state index < -0.39 is 23.8 Å². The monoisotopic (exact) mass is 884 g/mol. The molecule has 6 heterocycles. The Morgan fingerprint density at radius 1 is 0.754 bits per heavy atom. The molecule has 1 N–H and O–H groups in total. The number of hydrogen-bond acceptors (Lipinski definition) is 8. The zero-order valence-electron chi connectivity index (χ0n) is 34.7. The summed E-state index contributed by atoms with van der Waals surface area (Å²) in [4.78, 5) is 75.3. The van der Waals surface area contributed by atoms with Gasteiger partial charge in [0.1, 0.15) is 11.9 Å². The summed E-state index contributed by atoms with van der Waals surface area (Å²) in [5.74, 6) is 0.360. The molecule has 11 rings (SSSR count). The van der Waals surface area contributed by atoms with Crippen molar-refractivity contribution in [1.29, 1.82) is 0 Å². The van der Waals surface area contributed by atoms with Crippen LogP contribution in [0.2, 0.25) is 0 Å². The van der Waals surface area contributed by atoms with Crippen molar-refractivity contribution < 1.29 is 19.2 Å². The quantitative estimate of drug-likeness (QED) is 0.202. The Morgan fingerprint density at radius 3 is 2.26 bits per heavy atom. The molecule has 11 nitrogen and oxygen atoms in total. The number of likely N-dealkylation sites (tertiary alicyclic amines) is 1. The molecule has 1 atom stereocenters. The van der Waals surface area contributed by atoms with Gasteiger partial charge in [-0.3, -0.25) is 38.8 Å². The maximum Gasteiger partial charge on any atom is 0.281 e. The molecule has 12 heteroatoms. The SMILES string of the molecule is O=C1CCC(N2C(=O)c3ccc(N4CCC5(CCC(CN6CCC(c7ccc8c(c7)C7(CCCCC7)c7nc(=O)c9c(Br)cccc9n7-8)CC6)CC5)CC4)cc3C2=O)C(=O)N1. The van der Waals surface area contributed by atoms with E-state index in [1.54, 1.807) is 6.07 Å². The third-order valence-corrected chi connectivity index (χ3v) is 16.8. The molecule has 5 fully saturated rings. The van der Waals surface area contributed by atoms with E-state index in [1.165, 1.54) is 68.3 Å². The van der Waals surface area contributed by atoms with Crippen LogP contribution in [0.15, 0.2) is 63.9 Å². The minimum absolute atomic E-state index is 0.111. The zero-order chi connectivity index (χ0) is 41.6. The van der Waals surface area contributed by atoms with Gasteiger partial charge in [0.05, 0.1) is 33.1 Å². The highest BCUT2D eigenvalue weighted by atomic mass is 79.9. The van der Waals surface area contributed by atoms with Crippen molar-refractivity contribution in [3.63, 3.8) is 0 Å². The topological polar surface area (TPSA) is 125 Å². The summed E-state index contributed by atoms with van der Waals surface area (Å²) in [6.07, 6.45) is 15.6. The van der Waals surface area contributed by atoms with Gasteiger partial charge in [-0.25, -0.2) is 0 Å². The molecule has 3 aromatic carbocycles. The highest BCUT2D eigenvalue weighted by Gasteiger charge is 2.48. The van der Waals surface area contributed by atoms with E-state index in [0.29, 0.717) is 27.8 Å². The Hall–Kier alpha value is -4.68. The van der Waals surface area contributed by atoms with Crippen LogP contribution in [0.4, 0.5) is 5.69 Å². The van der Waals surface area contributed by atoms with Crippen LogP contribution in [-0.2, 0) is 15.0 Å². The Balaban J connectivity index is 0.700. The van der Waals surface area contributed by atoms with E-state index in [9.17, 15) is 24.0 Å². The van der Waals surface area contributed by atoms with Gasteiger partial charge in [-0.1, -0.05) is 37.5 Å². The number of aromatic nitrogens is 2. The molecule has 2 spiro atoms. The highest BCUT2D eigenvalue weighted by molar-refractivity contribution is 9.10. The number of imide groups is 2. The molecule has 2 saturated carbocycles. The lowest BCUT2D eigenvalue weighted by Crippen LogP contribution is -2.54. The summed E-state index contributed by atoms with van der Waals surface area (Å²) in [7, 11) is 0. The van der Waals surface area contributed by atoms with Gasteiger partial charge in [0.2, 0.25) is 11.8 Å². The van der Waals surface area contributed by atoms with E-state index in [-0.39, 0.29) is 29.7 Å². The first-order valence-corrected chi connectivity index (χ1v) is 23.6. The third kappa shape index (κ3) is 6.44. The molecule has 4 aromatic rings. The van der Waals surface area contributed by atoms with E-state index in [0.717, 1.165) is 97.0 Å². The predicted octanol–water partition coefficient (Wildman–Crippen LogP) is 7.77. The maximum absolute atomic E-state index is 13.5. The van der Waals surface area contributed by atoms with Gasteiger partial charge in [0.15, 0.2) is 0 Å². The molecule has 2 aliphatic carbocycles.